The van der Waals surface area contributed by atoms with Gasteiger partial charge in [-0.25, -0.2) is 0 Å². The normalized spacial score (nSPS) is 11.7. The van der Waals surface area contributed by atoms with Crippen molar-refractivity contribution in [2.45, 2.75) is 59.2 Å². The number of imidazole rings is 1. The minimum atomic E-state index is -1.43. The molecule has 3 heterocycles. The van der Waals surface area contributed by atoms with E-state index in [9.17, 15) is 9.65 Å². The summed E-state index contributed by atoms with van der Waals surface area (Å²) in [6, 6.07) is 59.9. The van der Waals surface area contributed by atoms with Gasteiger partial charge in [0.05, 0.1) is 42.1 Å². The fourth-order valence-electron chi connectivity index (χ4n) is 9.18. The minimum Gasteiger partial charge on any atom is -0.500 e. The van der Waals surface area contributed by atoms with E-state index in [4.69, 9.17) is 9.40 Å². The first-order chi connectivity index (χ1) is 32.4. The van der Waals surface area contributed by atoms with E-state index >= 15 is 0 Å². The van der Waals surface area contributed by atoms with Crippen LogP contribution >= 0.6 is 0 Å². The van der Waals surface area contributed by atoms with Crippen LogP contribution in [0.5, 0.6) is 0 Å². The molecule has 0 fully saturated rings. The van der Waals surface area contributed by atoms with Gasteiger partial charge in [0.1, 0.15) is 5.58 Å². The van der Waals surface area contributed by atoms with E-state index in [1.165, 1.54) is 55.7 Å². The summed E-state index contributed by atoms with van der Waals surface area (Å²) in [6.45, 7) is 16.4. The zero-order chi connectivity index (χ0) is 46.6. The Labute approximate surface area is 411 Å². The van der Waals surface area contributed by atoms with Crippen LogP contribution in [0.3, 0.4) is 0 Å². The van der Waals surface area contributed by atoms with Crippen LogP contribution in [-0.4, -0.2) is 22.6 Å². The van der Waals surface area contributed by atoms with Crippen molar-refractivity contribution >= 4 is 67.8 Å². The average Bonchev–Trinajstić information content (AvgIpc) is 3.91. The van der Waals surface area contributed by atoms with Crippen LogP contribution in [-0.2, 0) is 20.1 Å². The van der Waals surface area contributed by atoms with E-state index in [-0.39, 0.29) is 37.8 Å². The Balaban J connectivity index is 0.000000356. The topological polar surface area (TPSA) is 67.6 Å². The Morgan fingerprint density at radius 2 is 1.43 bits per heavy atom. The quantitative estimate of drug-likeness (QED) is 0.0906. The summed E-state index contributed by atoms with van der Waals surface area (Å²) < 4.78 is 21.6. The van der Waals surface area contributed by atoms with Gasteiger partial charge in [-0.2, -0.15) is 5.26 Å². The maximum absolute atomic E-state index is 12.6. The average molecular weight is 1080 g/mol. The molecule has 0 bridgehead atoms. The third kappa shape index (κ3) is 8.59. The van der Waals surface area contributed by atoms with Crippen LogP contribution < -0.4 is 5.19 Å². The van der Waals surface area contributed by atoms with Crippen LogP contribution in [0.25, 0.3) is 94.0 Å². The molecule has 0 unspecified atom stereocenters. The van der Waals surface area contributed by atoms with Gasteiger partial charge >= 0.3 is 0 Å². The monoisotopic (exact) mass is 1080 g/mol. The Kier molecular flexibility index (Phi) is 12.6. The van der Waals surface area contributed by atoms with Gasteiger partial charge in [-0.05, 0) is 104 Å². The number of halogens is 1. The van der Waals surface area contributed by atoms with Gasteiger partial charge < -0.3 is 14.0 Å². The standard InChI is InChI=1S/C49H42N3OSi.C11H7FN.Ir/c1-29(2)41-24-35(32-18-20-36(21-19-32)54(5,6)7)25-42(30(3)4)47(41)52-45-27-43-34(17-16-33-11-8-9-12-37(33)43)26-44(45)51-49(52)40-14-10-13-39-38-22-15-31(28-50)23-46(38)53-48(39)40;12-10-6-4-9(5-7-10)11-3-1-2-8-13-11;/h8-13,15-27,29-30H,1-7H3;1-4,6-8H;/q2*-1;. The molecule has 0 spiro atoms. The number of aromatic nitrogens is 3. The van der Waals surface area contributed by atoms with E-state index in [0.29, 0.717) is 16.7 Å². The predicted octanol–water partition coefficient (Wildman–Crippen LogP) is 15.7. The van der Waals surface area contributed by atoms with Crippen LogP contribution in [0, 0.1) is 29.3 Å². The van der Waals surface area contributed by atoms with Crippen LogP contribution in [0.4, 0.5) is 4.39 Å². The first-order valence-electron chi connectivity index (χ1n) is 22.9. The summed E-state index contributed by atoms with van der Waals surface area (Å²) in [6.07, 6.45) is 1.70. The summed E-state index contributed by atoms with van der Waals surface area (Å²) in [5, 5.41) is 17.8. The number of hydrogen-bond donors (Lipinski definition) is 0. The van der Waals surface area contributed by atoms with Crippen LogP contribution in [0.2, 0.25) is 19.6 Å². The van der Waals surface area contributed by atoms with Gasteiger partial charge in [0, 0.05) is 43.2 Å². The van der Waals surface area contributed by atoms with Crippen molar-refractivity contribution in [2.75, 3.05) is 0 Å². The molecule has 0 amide bonds. The Bertz CT molecular complexity index is 3660. The molecule has 0 N–H and O–H groups in total. The number of hydrogen-bond acceptors (Lipinski definition) is 4. The third-order valence-electron chi connectivity index (χ3n) is 12.7. The summed E-state index contributed by atoms with van der Waals surface area (Å²) >= 11 is 0. The second-order valence-corrected chi connectivity index (χ2v) is 24.0. The molecular formula is C60H49FIrN4OSi-2. The van der Waals surface area contributed by atoms with Gasteiger partial charge in [0.25, 0.3) is 0 Å². The Hall–Kier alpha value is -7.01. The van der Waals surface area contributed by atoms with Crippen molar-refractivity contribution in [1.82, 2.24) is 14.5 Å². The number of nitrogens with zero attached hydrogens (tertiary/aromatic N) is 4. The van der Waals surface area contributed by atoms with Gasteiger partial charge in [-0.3, -0.25) is 9.37 Å². The third-order valence-corrected chi connectivity index (χ3v) is 14.8. The van der Waals surface area contributed by atoms with Crippen molar-refractivity contribution < 1.29 is 28.9 Å². The van der Waals surface area contributed by atoms with E-state index < -0.39 is 8.07 Å². The fraction of sp³-hybridized carbons (Fsp3) is 0.150. The summed E-state index contributed by atoms with van der Waals surface area (Å²) in [7, 11) is -1.43. The maximum atomic E-state index is 12.6. The molecule has 11 rings (SSSR count). The van der Waals surface area contributed by atoms with Gasteiger partial charge in [0.2, 0.25) is 0 Å². The van der Waals surface area contributed by atoms with Crippen LogP contribution in [0.15, 0.2) is 162 Å². The van der Waals surface area contributed by atoms with Crippen molar-refractivity contribution in [1.29, 1.82) is 5.26 Å². The van der Waals surface area contributed by atoms with E-state index in [1.807, 2.05) is 48.5 Å². The zero-order valence-electron chi connectivity index (χ0n) is 39.1. The second kappa shape index (κ2) is 18.6. The molecule has 8 aromatic carbocycles. The molecule has 1 radical (unpaired) electrons. The van der Waals surface area contributed by atoms with E-state index in [0.717, 1.165) is 55.5 Å². The van der Waals surface area contributed by atoms with Crippen molar-refractivity contribution in [2.24, 2.45) is 0 Å². The number of furan rings is 1. The molecule has 3 aromatic heterocycles. The number of benzene rings is 8. The zero-order valence-corrected chi connectivity index (χ0v) is 42.5. The molecule has 11 aromatic rings. The van der Waals surface area contributed by atoms with Crippen molar-refractivity contribution in [3.05, 3.63) is 192 Å². The molecule has 0 aliphatic carbocycles. The molecule has 337 valence electrons. The first-order valence-corrected chi connectivity index (χ1v) is 26.4. The SMILES string of the molecule is CC(C)c1cc(-c2ccc([Si](C)(C)C)cc2)cc(C(C)C)c1-n1c(-c2[c-]ccc3c2oc2cc(C#N)ccc23)nc2cc3ccc4ccccc4c3cc21.Fc1c[c-]c(-c2ccccn2)cc1.[Ir]. The molecule has 0 aliphatic heterocycles. The largest absolute Gasteiger partial charge is 0.500 e. The van der Waals surface area contributed by atoms with Gasteiger partial charge in [-0.15, -0.1) is 48.0 Å². The summed E-state index contributed by atoms with van der Waals surface area (Å²) in [5.41, 5.74) is 12.5. The number of rotatable bonds is 7. The molecule has 5 nitrogen and oxygen atoms in total. The van der Waals surface area contributed by atoms with Crippen molar-refractivity contribution in [3.8, 4) is 45.5 Å². The van der Waals surface area contributed by atoms with E-state index in [1.54, 1.807) is 12.3 Å². The molecular weight excluding hydrogens is 1030 g/mol. The Morgan fingerprint density at radius 3 is 2.10 bits per heavy atom. The number of nitriles is 1. The van der Waals surface area contributed by atoms with Gasteiger partial charge in [-0.1, -0.05) is 142 Å². The summed E-state index contributed by atoms with van der Waals surface area (Å²) in [5.74, 6) is 0.951. The first kappa shape index (κ1) is 46.1. The van der Waals surface area contributed by atoms with Crippen LogP contribution in [0.1, 0.15) is 56.2 Å². The molecule has 8 heteroatoms. The Morgan fingerprint density at radius 1 is 0.691 bits per heavy atom. The molecule has 0 saturated carbocycles. The molecule has 0 aliphatic rings. The minimum absolute atomic E-state index is 0. The summed E-state index contributed by atoms with van der Waals surface area (Å²) in [4.78, 5) is 9.61. The molecule has 0 saturated heterocycles. The van der Waals surface area contributed by atoms with Gasteiger partial charge in [0.15, 0.2) is 0 Å². The fourth-order valence-corrected chi connectivity index (χ4v) is 10.4. The number of pyridine rings is 1. The van der Waals surface area contributed by atoms with E-state index in [2.05, 4.69) is 160 Å². The smallest absolute Gasteiger partial charge is 0.122 e. The molecule has 68 heavy (non-hydrogen) atoms. The number of fused-ring (bicyclic) bond motifs is 7. The van der Waals surface area contributed by atoms with Crippen molar-refractivity contribution in [3.63, 3.8) is 0 Å². The second-order valence-electron chi connectivity index (χ2n) is 18.9. The molecule has 0 atom stereocenters. The predicted molar refractivity (Wildman–Crippen MR) is 277 cm³/mol. The maximum Gasteiger partial charge on any atom is 0.122 e.